The van der Waals surface area contributed by atoms with Crippen molar-refractivity contribution in [1.82, 2.24) is 24.1 Å². The highest BCUT2D eigenvalue weighted by atomic mass is 28.3. The molecule has 1 aliphatic carbocycles. The zero-order valence-electron chi connectivity index (χ0n) is 71.5. The predicted molar refractivity (Wildman–Crippen MR) is 332 cm³/mol. The quantitative estimate of drug-likeness (QED) is 0.118. The number of hydrogen-bond donors (Lipinski definition) is 0. The minimum atomic E-state index is -6.21. The second kappa shape index (κ2) is 17.5. The first kappa shape index (κ1) is 25.1. The van der Waals surface area contributed by atoms with Crippen LogP contribution in [0.1, 0.15) is 63.4 Å². The van der Waals surface area contributed by atoms with E-state index in [-0.39, 0.29) is 10.9 Å². The molecule has 0 saturated heterocycles. The van der Waals surface area contributed by atoms with Crippen LogP contribution >= 0.6 is 0 Å². The molecule has 378 valence electrons. The maximum atomic E-state index is 11.1. The van der Waals surface area contributed by atoms with E-state index in [4.69, 9.17) is 33.4 Å². The molecule has 1 aliphatic heterocycles. The van der Waals surface area contributed by atoms with Crippen LogP contribution < -0.4 is 25.5 Å². The molecule has 15 aromatic rings. The molecule has 6 nitrogen and oxygen atoms in total. The minimum absolute atomic E-state index is 0.0445. The Bertz CT molecular complexity index is 6420. The summed E-state index contributed by atoms with van der Waals surface area (Å²) in [6, 6.07) is 0.764. The third-order valence-electron chi connectivity index (χ3n) is 15.3. The minimum Gasteiger partial charge on any atom is -0.456 e. The lowest BCUT2D eigenvalue weighted by atomic mass is 9.66. The molecule has 81 heavy (non-hydrogen) atoms. The fraction of sp³-hybridized carbons (Fsp3) is 0.0135. The second-order valence-corrected chi connectivity index (χ2v) is 22.7. The van der Waals surface area contributed by atoms with Gasteiger partial charge in [-0.05, 0) is 78.6 Å². The van der Waals surface area contributed by atoms with Crippen molar-refractivity contribution in [3.63, 3.8) is 0 Å². The van der Waals surface area contributed by atoms with Gasteiger partial charge in [-0.15, -0.1) is 0 Å². The molecule has 2 aliphatic rings. The van der Waals surface area contributed by atoms with Crippen molar-refractivity contribution in [1.29, 1.82) is 0 Å². The SMILES string of the molecule is [2H]c1c([2H])c([2H])c([Si](c2ccc3c(c2)Oc2c(ccc4ccccc24)C32c3ccccc3-c3ccccc32)(c2c([2H])c([2H])c([2H])c([2H])c2[2H])c2c([2H])c([2H])c([2H])c(-c3nc(-n4c5c([2H])c([2H])c([2H])c([2H])c5c5c([2H])c([2H])c([2H])c([2H])c54)nc(-n4c5c([2H])c([2H])c([2H])c([2H])c5c5c([2H])c([2H])c([2H])c([2H])c54)n3)c2[2H])c([2H])c1[2H]. The predicted octanol–water partition coefficient (Wildman–Crippen LogP) is 14.7. The molecule has 0 fully saturated rings. The fourth-order valence-electron chi connectivity index (χ4n) is 12.1. The zero-order chi connectivity index (χ0) is 79.3. The first-order chi connectivity index (χ1) is 52.6. The van der Waals surface area contributed by atoms with Gasteiger partial charge in [-0.2, -0.15) is 15.0 Å². The summed E-state index contributed by atoms with van der Waals surface area (Å²) in [5.74, 6) is -2.85. The third-order valence-corrected chi connectivity index (χ3v) is 19.5. The standard InChI is InChI=1S/C74H47N5OSi/c1-3-24-50(25-4-1)81(51-26-5-2-6-27-51,53-43-45-63-69(47-53)80-70-54-29-8-7-22-48(54)42-44-64(70)74(63)61-36-15-9-30-55(61)56-31-10-16-37-62(56)74)52-28-21-23-49(46-52)71-75-72(78-65-38-17-11-32-57(65)58-33-12-18-39-66(58)78)77-73(76-71)79-67-40-19-13-34-59(67)60-35-14-20-41-68(60)79/h1-47H/i1D,2D,3D,4D,5D,6D,11D,12D,13D,14D,17D,18D,19D,20D,21D,23D,24D,25D,26D,27D,28D,32D,33D,34D,35D,38D,39D,40D,41D,46D. The van der Waals surface area contributed by atoms with E-state index in [1.54, 1.807) is 12.1 Å². The van der Waals surface area contributed by atoms with Gasteiger partial charge in [-0.3, -0.25) is 9.13 Å². The Hall–Kier alpha value is -10.5. The number of fused-ring (bicyclic) bond motifs is 17. The second-order valence-electron chi connectivity index (χ2n) is 19.1. The summed E-state index contributed by atoms with van der Waals surface area (Å²) >= 11 is 0. The third kappa shape index (κ3) is 6.40. The van der Waals surface area contributed by atoms with Gasteiger partial charge in [0.15, 0.2) is 13.9 Å². The van der Waals surface area contributed by atoms with E-state index < -0.39 is 277 Å². The van der Waals surface area contributed by atoms with Gasteiger partial charge in [0.05, 0.1) is 68.6 Å². The summed E-state index contributed by atoms with van der Waals surface area (Å²) in [5, 5.41) is -3.98. The smallest absolute Gasteiger partial charge is 0.240 e. The molecular formula is C74H47N5OSi. The molecule has 3 aromatic heterocycles. The number of aromatic nitrogens is 5. The van der Waals surface area contributed by atoms with Gasteiger partial charge in [0.1, 0.15) is 11.5 Å². The van der Waals surface area contributed by atoms with Gasteiger partial charge in [0.25, 0.3) is 0 Å². The fourth-order valence-corrected chi connectivity index (χ4v) is 16.0. The molecule has 0 radical (unpaired) electrons. The molecule has 12 aromatic carbocycles. The summed E-state index contributed by atoms with van der Waals surface area (Å²) in [5.41, 5.74) is -0.870. The van der Waals surface area contributed by atoms with Gasteiger partial charge in [0, 0.05) is 43.6 Å². The van der Waals surface area contributed by atoms with Gasteiger partial charge in [-0.25, -0.2) is 0 Å². The lowest BCUT2D eigenvalue weighted by Gasteiger charge is -2.41. The first-order valence-corrected chi connectivity index (χ1v) is 27.2. The van der Waals surface area contributed by atoms with Gasteiger partial charge < -0.3 is 4.74 Å². The van der Waals surface area contributed by atoms with Crippen molar-refractivity contribution < 1.29 is 45.9 Å². The summed E-state index contributed by atoms with van der Waals surface area (Å²) < 4.78 is 295. The van der Waals surface area contributed by atoms with Crippen LogP contribution in [0.3, 0.4) is 0 Å². The molecule has 17 rings (SSSR count). The van der Waals surface area contributed by atoms with E-state index >= 15 is 0 Å². The lowest BCUT2D eigenvalue weighted by Crippen LogP contribution is -2.74. The van der Waals surface area contributed by atoms with Gasteiger partial charge >= 0.3 is 0 Å². The molecule has 0 amide bonds. The molecule has 1 spiro atoms. The number of ether oxygens (including phenoxy) is 1. The highest BCUT2D eigenvalue weighted by Crippen LogP contribution is 2.63. The highest BCUT2D eigenvalue weighted by molar-refractivity contribution is 7.20. The Morgan fingerprint density at radius 3 is 1.43 bits per heavy atom. The average molecular weight is 1080 g/mol. The van der Waals surface area contributed by atoms with Gasteiger partial charge in [-0.1, -0.05) is 254 Å². The van der Waals surface area contributed by atoms with Crippen molar-refractivity contribution in [2.75, 3.05) is 0 Å². The Morgan fingerprint density at radius 1 is 0.383 bits per heavy atom. The van der Waals surface area contributed by atoms with E-state index in [1.165, 1.54) is 12.1 Å². The molecular weight excluding hydrogens is 1000 g/mol. The number of benzene rings is 12. The molecule has 0 bridgehead atoms. The van der Waals surface area contributed by atoms with Crippen molar-refractivity contribution >= 4 is 83.2 Å². The maximum Gasteiger partial charge on any atom is 0.240 e. The molecule has 0 atom stereocenters. The first-order valence-electron chi connectivity index (χ1n) is 40.2. The maximum absolute atomic E-state index is 11.1. The normalized spacial score (nSPS) is 18.3. The Kier molecular flexibility index (Phi) is 5.43. The van der Waals surface area contributed by atoms with Crippen molar-refractivity contribution in [3.05, 3.63) is 307 Å². The van der Waals surface area contributed by atoms with E-state index in [9.17, 15) is 27.4 Å². The van der Waals surface area contributed by atoms with Gasteiger partial charge in [0.2, 0.25) is 11.9 Å². The summed E-state index contributed by atoms with van der Waals surface area (Å²) in [4.78, 5) is 14.3. The van der Waals surface area contributed by atoms with E-state index in [0.29, 0.717) is 27.6 Å². The van der Waals surface area contributed by atoms with E-state index in [2.05, 4.69) is 0 Å². The molecule has 0 N–H and O–H groups in total. The summed E-state index contributed by atoms with van der Waals surface area (Å²) in [6.07, 6.45) is 0. The van der Waals surface area contributed by atoms with Crippen LogP contribution in [0.15, 0.2) is 284 Å². The van der Waals surface area contributed by atoms with Crippen LogP contribution in [0, 0.1) is 0 Å². The van der Waals surface area contributed by atoms with Crippen LogP contribution in [0.25, 0.3) is 88.8 Å². The van der Waals surface area contributed by atoms with Crippen molar-refractivity contribution in [2.45, 2.75) is 5.41 Å². The van der Waals surface area contributed by atoms with Crippen LogP contribution in [-0.2, 0) is 5.41 Å². The van der Waals surface area contributed by atoms with Crippen LogP contribution in [0.4, 0.5) is 0 Å². The molecule has 0 saturated carbocycles. The van der Waals surface area contributed by atoms with E-state index in [0.717, 1.165) is 31.4 Å². The van der Waals surface area contributed by atoms with E-state index in [1.807, 2.05) is 78.9 Å². The number of hydrogen-bond acceptors (Lipinski definition) is 4. The summed E-state index contributed by atoms with van der Waals surface area (Å²) in [6.45, 7) is 0. The highest BCUT2D eigenvalue weighted by Gasteiger charge is 2.52. The zero-order valence-corrected chi connectivity index (χ0v) is 42.5. The monoisotopic (exact) mass is 1080 g/mol. The Labute approximate surface area is 510 Å². The van der Waals surface area contributed by atoms with Crippen LogP contribution in [-0.4, -0.2) is 32.2 Å². The van der Waals surface area contributed by atoms with Crippen LogP contribution in [0.5, 0.6) is 11.5 Å². The van der Waals surface area contributed by atoms with Crippen molar-refractivity contribution in [3.8, 4) is 45.9 Å². The number of rotatable bonds is 7. The number of para-hydroxylation sites is 4. The topological polar surface area (TPSA) is 57.8 Å². The molecule has 0 unspecified atom stereocenters. The summed E-state index contributed by atoms with van der Waals surface area (Å²) in [7, 11) is -6.21. The van der Waals surface area contributed by atoms with Crippen LogP contribution in [0.2, 0.25) is 0 Å². The Balaban J connectivity index is 1.10. The Morgan fingerprint density at radius 2 is 0.864 bits per heavy atom. The largest absolute Gasteiger partial charge is 0.456 e. The number of nitrogens with zero attached hydrogens (tertiary/aromatic N) is 5. The average Bonchev–Trinajstić information content (AvgIpc) is 1.66. The molecule has 7 heteroatoms. The molecule has 4 heterocycles. The van der Waals surface area contributed by atoms with Crippen molar-refractivity contribution in [2.24, 2.45) is 0 Å². The lowest BCUT2D eigenvalue weighted by molar-refractivity contribution is 0.442.